The van der Waals surface area contributed by atoms with E-state index in [1.54, 1.807) is 24.3 Å². The summed E-state index contributed by atoms with van der Waals surface area (Å²) in [4.78, 5) is 29.7. The van der Waals surface area contributed by atoms with Crippen LogP contribution in [0.4, 0.5) is 8.78 Å². The number of likely N-dealkylation sites (tertiary alicyclic amines) is 1. The first kappa shape index (κ1) is 19.3. The van der Waals surface area contributed by atoms with Crippen molar-refractivity contribution in [3.8, 4) is 0 Å². The fourth-order valence-electron chi connectivity index (χ4n) is 3.95. The van der Waals surface area contributed by atoms with Crippen LogP contribution in [0.2, 0.25) is 0 Å². The van der Waals surface area contributed by atoms with Gasteiger partial charge in [-0.15, -0.1) is 0 Å². The summed E-state index contributed by atoms with van der Waals surface area (Å²) in [6.07, 6.45) is 3.49. The van der Waals surface area contributed by atoms with E-state index >= 15 is 0 Å². The van der Waals surface area contributed by atoms with E-state index in [2.05, 4.69) is 0 Å². The molecule has 150 valence electrons. The molecule has 0 aromatic heterocycles. The molecule has 1 saturated heterocycles. The molecule has 0 saturated carbocycles. The van der Waals surface area contributed by atoms with Crippen LogP contribution >= 0.6 is 0 Å². The van der Waals surface area contributed by atoms with E-state index in [1.807, 2.05) is 4.90 Å². The van der Waals surface area contributed by atoms with Gasteiger partial charge in [0.05, 0.1) is 5.57 Å². The summed E-state index contributed by atoms with van der Waals surface area (Å²) in [5.41, 5.74) is 2.16. The first-order valence-corrected chi connectivity index (χ1v) is 9.90. The number of piperidine rings is 1. The van der Waals surface area contributed by atoms with Gasteiger partial charge in [0.15, 0.2) is 0 Å². The van der Waals surface area contributed by atoms with Crippen LogP contribution in [-0.2, 0) is 16.0 Å². The maximum Gasteiger partial charge on any atom is 0.277 e. The summed E-state index contributed by atoms with van der Waals surface area (Å²) in [5, 5.41) is 0. The van der Waals surface area contributed by atoms with Crippen molar-refractivity contribution in [2.24, 2.45) is 0 Å². The molecule has 0 atom stereocenters. The molecular weight excluding hydrogens is 374 g/mol. The molecule has 1 fully saturated rings. The smallest absolute Gasteiger partial charge is 0.277 e. The third-order valence-electron chi connectivity index (χ3n) is 5.49. The van der Waals surface area contributed by atoms with Gasteiger partial charge in [0, 0.05) is 19.6 Å². The van der Waals surface area contributed by atoms with Gasteiger partial charge >= 0.3 is 0 Å². The Balaban J connectivity index is 1.63. The molecule has 2 aromatic rings. The summed E-state index contributed by atoms with van der Waals surface area (Å²) in [7, 11) is 0. The lowest BCUT2D eigenvalue weighted by Gasteiger charge is -2.29. The molecule has 0 N–H and O–H groups in total. The number of hydrogen-bond acceptors (Lipinski definition) is 3. The fourth-order valence-corrected chi connectivity index (χ4v) is 3.95. The summed E-state index contributed by atoms with van der Waals surface area (Å²) < 4.78 is 26.5. The largest absolute Gasteiger partial charge is 0.366 e. The molecule has 4 rings (SSSR count). The molecule has 0 bridgehead atoms. The predicted octanol–water partition coefficient (Wildman–Crippen LogP) is 3.77. The molecule has 6 heteroatoms. The van der Waals surface area contributed by atoms with Crippen molar-refractivity contribution in [3.63, 3.8) is 0 Å². The van der Waals surface area contributed by atoms with E-state index in [4.69, 9.17) is 0 Å². The highest BCUT2D eigenvalue weighted by Crippen LogP contribution is 2.33. The number of carbonyl (C=O) groups is 2. The number of imide groups is 1. The van der Waals surface area contributed by atoms with E-state index in [0.29, 0.717) is 23.3 Å². The predicted molar refractivity (Wildman–Crippen MR) is 106 cm³/mol. The molecule has 2 aliphatic rings. The molecule has 0 unspecified atom stereocenters. The van der Waals surface area contributed by atoms with Crippen LogP contribution in [-0.4, -0.2) is 41.2 Å². The number of amides is 2. The Hall–Kier alpha value is -3.02. The topological polar surface area (TPSA) is 40.6 Å². The van der Waals surface area contributed by atoms with Gasteiger partial charge < -0.3 is 4.90 Å². The second-order valence-electron chi connectivity index (χ2n) is 7.42. The molecule has 2 aromatic carbocycles. The minimum absolute atomic E-state index is 0.214. The Morgan fingerprint density at radius 3 is 1.97 bits per heavy atom. The highest BCUT2D eigenvalue weighted by atomic mass is 19.1. The van der Waals surface area contributed by atoms with Crippen LogP contribution in [0.1, 0.15) is 30.4 Å². The van der Waals surface area contributed by atoms with Gasteiger partial charge in [-0.2, -0.15) is 0 Å². The Kier molecular flexibility index (Phi) is 5.43. The van der Waals surface area contributed by atoms with Crippen LogP contribution in [0, 0.1) is 11.6 Å². The molecule has 4 nitrogen and oxygen atoms in total. The van der Waals surface area contributed by atoms with E-state index < -0.39 is 0 Å². The van der Waals surface area contributed by atoms with E-state index in [9.17, 15) is 18.4 Å². The third kappa shape index (κ3) is 3.92. The summed E-state index contributed by atoms with van der Waals surface area (Å²) in [5.74, 6) is -1.38. The second kappa shape index (κ2) is 8.15. The molecule has 0 spiro atoms. The maximum absolute atomic E-state index is 13.4. The molecule has 2 aliphatic heterocycles. The zero-order valence-electron chi connectivity index (χ0n) is 16.0. The summed E-state index contributed by atoms with van der Waals surface area (Å²) >= 11 is 0. The molecule has 0 radical (unpaired) electrons. The van der Waals surface area contributed by atoms with E-state index in [-0.39, 0.29) is 30.0 Å². The zero-order chi connectivity index (χ0) is 20.4. The quantitative estimate of drug-likeness (QED) is 0.723. The van der Waals surface area contributed by atoms with Crippen LogP contribution in [0.3, 0.4) is 0 Å². The van der Waals surface area contributed by atoms with Crippen molar-refractivity contribution >= 4 is 17.4 Å². The van der Waals surface area contributed by atoms with Gasteiger partial charge in [-0.25, -0.2) is 8.78 Å². The van der Waals surface area contributed by atoms with Gasteiger partial charge in [-0.3, -0.25) is 14.5 Å². The zero-order valence-corrected chi connectivity index (χ0v) is 16.0. The monoisotopic (exact) mass is 396 g/mol. The van der Waals surface area contributed by atoms with Crippen molar-refractivity contribution in [2.75, 3.05) is 19.6 Å². The Bertz CT molecular complexity index is 946. The number of nitrogens with zero attached hydrogens (tertiary/aromatic N) is 2. The van der Waals surface area contributed by atoms with Crippen LogP contribution in [0.5, 0.6) is 0 Å². The lowest BCUT2D eigenvalue weighted by molar-refractivity contribution is -0.137. The maximum atomic E-state index is 13.4. The molecular formula is C23H22F2N2O2. The standard InChI is InChI=1S/C23H22F2N2O2/c24-18-8-4-16(5-9-18)12-15-27-22(28)20(17-6-10-19(25)11-7-17)21(23(27)29)26-13-2-1-3-14-26/h4-11H,1-3,12-15H2. The van der Waals surface area contributed by atoms with Crippen LogP contribution in [0.25, 0.3) is 5.57 Å². The van der Waals surface area contributed by atoms with Crippen LogP contribution < -0.4 is 0 Å². The Morgan fingerprint density at radius 2 is 1.34 bits per heavy atom. The summed E-state index contributed by atoms with van der Waals surface area (Å²) in [6.45, 7) is 1.67. The molecule has 2 heterocycles. The van der Waals surface area contributed by atoms with E-state index in [1.165, 1.54) is 29.2 Å². The number of rotatable bonds is 5. The molecule has 29 heavy (non-hydrogen) atoms. The average molecular weight is 396 g/mol. The molecule has 2 amide bonds. The van der Waals surface area contributed by atoms with Gasteiger partial charge in [-0.05, 0) is 61.1 Å². The first-order valence-electron chi connectivity index (χ1n) is 9.90. The number of benzene rings is 2. The third-order valence-corrected chi connectivity index (χ3v) is 5.49. The normalized spacial score (nSPS) is 17.4. The van der Waals surface area contributed by atoms with Crippen molar-refractivity contribution in [3.05, 3.63) is 77.0 Å². The van der Waals surface area contributed by atoms with Gasteiger partial charge in [0.2, 0.25) is 0 Å². The Morgan fingerprint density at radius 1 is 0.759 bits per heavy atom. The molecule has 0 aliphatic carbocycles. The van der Waals surface area contributed by atoms with Crippen molar-refractivity contribution < 1.29 is 18.4 Å². The fraction of sp³-hybridized carbons (Fsp3) is 0.304. The first-order chi connectivity index (χ1) is 14.0. The number of halogens is 2. The van der Waals surface area contributed by atoms with Gasteiger partial charge in [-0.1, -0.05) is 24.3 Å². The van der Waals surface area contributed by atoms with E-state index in [0.717, 1.165) is 37.9 Å². The SMILES string of the molecule is O=C1C(c2ccc(F)cc2)=C(N2CCCCC2)C(=O)N1CCc1ccc(F)cc1. The van der Waals surface area contributed by atoms with Gasteiger partial charge in [0.1, 0.15) is 17.3 Å². The Labute approximate surface area is 168 Å². The minimum Gasteiger partial charge on any atom is -0.366 e. The highest BCUT2D eigenvalue weighted by Gasteiger charge is 2.41. The lowest BCUT2D eigenvalue weighted by atomic mass is 10.0. The average Bonchev–Trinajstić information content (AvgIpc) is 2.99. The second-order valence-corrected chi connectivity index (χ2v) is 7.42. The van der Waals surface area contributed by atoms with Crippen molar-refractivity contribution in [1.29, 1.82) is 0 Å². The van der Waals surface area contributed by atoms with Gasteiger partial charge in [0.25, 0.3) is 11.8 Å². The minimum atomic E-state index is -0.390. The van der Waals surface area contributed by atoms with Crippen molar-refractivity contribution in [1.82, 2.24) is 9.80 Å². The number of carbonyl (C=O) groups excluding carboxylic acids is 2. The number of hydrogen-bond donors (Lipinski definition) is 0. The summed E-state index contributed by atoms with van der Waals surface area (Å²) in [6, 6.07) is 11.7. The lowest BCUT2D eigenvalue weighted by Crippen LogP contribution is -2.38. The van der Waals surface area contributed by atoms with Crippen LogP contribution in [0.15, 0.2) is 54.2 Å². The highest BCUT2D eigenvalue weighted by molar-refractivity contribution is 6.35. The van der Waals surface area contributed by atoms with Crippen molar-refractivity contribution in [2.45, 2.75) is 25.7 Å².